The molecule has 0 atom stereocenters. The van der Waals surface area contributed by atoms with E-state index >= 15 is 0 Å². The number of benzene rings is 2. The fourth-order valence-corrected chi connectivity index (χ4v) is 6.38. The highest BCUT2D eigenvalue weighted by Gasteiger charge is 2.22. The van der Waals surface area contributed by atoms with Crippen LogP contribution in [0.3, 0.4) is 0 Å². The predicted octanol–water partition coefficient (Wildman–Crippen LogP) is 7.82. The van der Waals surface area contributed by atoms with Crippen molar-refractivity contribution in [3.63, 3.8) is 0 Å². The molecule has 2 N–H and O–H groups in total. The highest BCUT2D eigenvalue weighted by molar-refractivity contribution is 8.00. The van der Waals surface area contributed by atoms with Crippen molar-refractivity contribution in [2.75, 3.05) is 41.7 Å². The smallest absolute Gasteiger partial charge is 0.340 e. The van der Waals surface area contributed by atoms with Crippen LogP contribution in [0.2, 0.25) is 0 Å². The number of fused-ring (bicyclic) bond motifs is 1. The zero-order chi connectivity index (χ0) is 36.0. The number of anilines is 2. The van der Waals surface area contributed by atoms with Crippen molar-refractivity contribution >= 4 is 40.3 Å². The number of nitrogens with zero attached hydrogens (tertiary/aromatic N) is 3. The summed E-state index contributed by atoms with van der Waals surface area (Å²) in [5, 5.41) is 0.830. The lowest BCUT2D eigenvalue weighted by molar-refractivity contribution is 0.00690. The molecular formula is C39H45N5O6S. The topological polar surface area (TPSA) is 120 Å². The van der Waals surface area contributed by atoms with Crippen molar-refractivity contribution in [1.29, 1.82) is 0 Å². The second-order valence-electron chi connectivity index (χ2n) is 13.4. The Balaban J connectivity index is 1.03. The first-order valence-corrected chi connectivity index (χ1v) is 18.2. The summed E-state index contributed by atoms with van der Waals surface area (Å²) in [7, 11) is 1.75. The number of aromatic nitrogens is 3. The molecule has 6 rings (SSSR count). The molecule has 268 valence electrons. The third kappa shape index (κ3) is 9.05. The van der Waals surface area contributed by atoms with Gasteiger partial charge in [0.1, 0.15) is 40.8 Å². The Bertz CT molecular complexity index is 2010. The molecule has 1 aliphatic heterocycles. The van der Waals surface area contributed by atoms with Crippen LogP contribution < -0.4 is 24.7 Å². The van der Waals surface area contributed by atoms with Gasteiger partial charge in [0, 0.05) is 72.7 Å². The largest absolute Gasteiger partial charge is 0.491 e. The molecule has 0 unspecified atom stereocenters. The van der Waals surface area contributed by atoms with Crippen LogP contribution in [-0.4, -0.2) is 64.3 Å². The fourth-order valence-electron chi connectivity index (χ4n) is 5.94. The molecule has 1 aliphatic rings. The summed E-state index contributed by atoms with van der Waals surface area (Å²) in [5.41, 5.74) is 3.05. The van der Waals surface area contributed by atoms with E-state index in [1.54, 1.807) is 42.0 Å². The van der Waals surface area contributed by atoms with E-state index in [1.807, 2.05) is 81.6 Å². The molecule has 0 amide bonds. The van der Waals surface area contributed by atoms with Gasteiger partial charge >= 0.3 is 5.97 Å². The number of ether oxygens (including phenoxy) is 4. The van der Waals surface area contributed by atoms with Gasteiger partial charge in [-0.3, -0.25) is 4.79 Å². The van der Waals surface area contributed by atoms with Crippen molar-refractivity contribution in [1.82, 2.24) is 14.5 Å². The van der Waals surface area contributed by atoms with Crippen LogP contribution in [0.1, 0.15) is 50.9 Å². The van der Waals surface area contributed by atoms with E-state index in [-0.39, 0.29) is 17.6 Å². The molecule has 0 spiro atoms. The lowest BCUT2D eigenvalue weighted by Gasteiger charge is -2.32. The quantitative estimate of drug-likeness (QED) is 0.0711. The number of H-pyrrole nitrogens is 1. The Labute approximate surface area is 302 Å². The van der Waals surface area contributed by atoms with Crippen LogP contribution in [-0.2, 0) is 16.5 Å². The fraction of sp³-hybridized carbons (Fsp3) is 0.359. The van der Waals surface area contributed by atoms with Gasteiger partial charge in [0.15, 0.2) is 0 Å². The number of pyridine rings is 2. The first kappa shape index (κ1) is 35.9. The van der Waals surface area contributed by atoms with Crippen LogP contribution in [0.5, 0.6) is 17.2 Å². The number of aryl methyl sites for hydroxylation is 1. The third-order valence-electron chi connectivity index (χ3n) is 8.39. The lowest BCUT2D eigenvalue weighted by atomic mass is 10.0. The molecule has 0 saturated carbocycles. The first-order chi connectivity index (χ1) is 24.6. The molecule has 1 fully saturated rings. The summed E-state index contributed by atoms with van der Waals surface area (Å²) in [5.74, 6) is 3.36. The van der Waals surface area contributed by atoms with Gasteiger partial charge in [0.2, 0.25) is 0 Å². The average molecular weight is 712 g/mol. The van der Waals surface area contributed by atoms with Crippen LogP contribution in [0, 0.1) is 0 Å². The van der Waals surface area contributed by atoms with E-state index in [4.69, 9.17) is 18.9 Å². The summed E-state index contributed by atoms with van der Waals surface area (Å²) >= 11 is 1.61. The van der Waals surface area contributed by atoms with Crippen molar-refractivity contribution in [2.24, 2.45) is 7.05 Å². The maximum atomic E-state index is 12.8. The lowest BCUT2D eigenvalue weighted by Crippen LogP contribution is -2.38. The van der Waals surface area contributed by atoms with Crippen molar-refractivity contribution in [2.45, 2.75) is 52.2 Å². The minimum absolute atomic E-state index is 0.0859. The summed E-state index contributed by atoms with van der Waals surface area (Å²) in [6.07, 6.45) is 7.09. The molecule has 5 aromatic rings. The summed E-state index contributed by atoms with van der Waals surface area (Å²) in [4.78, 5) is 34.9. The Kier molecular flexibility index (Phi) is 11.2. The molecule has 0 radical (unpaired) electrons. The number of rotatable bonds is 13. The molecule has 11 nitrogen and oxygen atoms in total. The van der Waals surface area contributed by atoms with Gasteiger partial charge in [-0.1, -0.05) is 24.9 Å². The monoisotopic (exact) mass is 711 g/mol. The number of esters is 1. The molecule has 0 bridgehead atoms. The highest BCUT2D eigenvalue weighted by Crippen LogP contribution is 2.39. The van der Waals surface area contributed by atoms with Gasteiger partial charge in [-0.25, -0.2) is 9.78 Å². The summed E-state index contributed by atoms with van der Waals surface area (Å²) in [6, 6.07) is 19.1. The van der Waals surface area contributed by atoms with Crippen molar-refractivity contribution < 1.29 is 23.7 Å². The van der Waals surface area contributed by atoms with Gasteiger partial charge in [-0.2, -0.15) is 0 Å². The van der Waals surface area contributed by atoms with Gasteiger partial charge in [-0.15, -0.1) is 0 Å². The zero-order valence-electron chi connectivity index (χ0n) is 29.7. The first-order valence-electron chi connectivity index (χ1n) is 17.2. The SMILES string of the molecule is CCSNc1ccc(Oc2cccc(OCCOC3CCN(c4ccc(C(=O)OC(C)(C)C)cn4)CC3)c2)c(-c2cn(C)c(=O)c3[nH]ccc23)c1. The zero-order valence-corrected chi connectivity index (χ0v) is 30.5. The van der Waals surface area contributed by atoms with Crippen LogP contribution in [0.4, 0.5) is 11.5 Å². The van der Waals surface area contributed by atoms with E-state index in [1.165, 1.54) is 0 Å². The number of aromatic amines is 1. The third-order valence-corrected chi connectivity index (χ3v) is 9.05. The summed E-state index contributed by atoms with van der Waals surface area (Å²) < 4.78 is 29.1. The Morgan fingerprint density at radius 2 is 1.82 bits per heavy atom. The molecule has 1 saturated heterocycles. The highest BCUT2D eigenvalue weighted by atomic mass is 32.2. The number of hydrogen-bond donors (Lipinski definition) is 2. The second-order valence-corrected chi connectivity index (χ2v) is 14.4. The molecule has 2 aromatic carbocycles. The maximum absolute atomic E-state index is 12.8. The van der Waals surface area contributed by atoms with Crippen molar-refractivity contribution in [3.05, 3.63) is 95.2 Å². The molecule has 0 aliphatic carbocycles. The molecule has 51 heavy (non-hydrogen) atoms. The van der Waals surface area contributed by atoms with Gasteiger partial charge in [-0.05, 0) is 82.1 Å². The summed E-state index contributed by atoms with van der Waals surface area (Å²) in [6.45, 7) is 10.1. The van der Waals surface area contributed by atoms with Crippen LogP contribution >= 0.6 is 11.9 Å². The molecule has 12 heteroatoms. The second kappa shape index (κ2) is 15.9. The molecule has 4 heterocycles. The molecular weight excluding hydrogens is 667 g/mol. The van der Waals surface area contributed by atoms with E-state index in [2.05, 4.69) is 26.5 Å². The number of piperidine rings is 1. The maximum Gasteiger partial charge on any atom is 0.340 e. The number of nitrogens with one attached hydrogen (secondary N) is 2. The standard InChI is InChI=1S/C39H45N5O6S/c1-6-51-42-27-11-12-34(32(22-27)33-25-43(5)37(45)36-31(33)14-17-40-36)49-30-9-7-8-29(23-30)48-21-20-47-28-15-18-44(19-16-28)35-13-10-26(24-41-35)38(46)50-39(2,3)4/h7-14,17,22-25,28,40,42H,6,15-16,18-21H2,1-5H3. The Hall–Kier alpha value is -4.94. The average Bonchev–Trinajstić information content (AvgIpc) is 3.62. The number of carbonyl (C=O) groups is 1. The van der Waals surface area contributed by atoms with Gasteiger partial charge < -0.3 is 38.1 Å². The predicted molar refractivity (Wildman–Crippen MR) is 203 cm³/mol. The van der Waals surface area contributed by atoms with Crippen LogP contribution in [0.15, 0.2) is 84.0 Å². The van der Waals surface area contributed by atoms with E-state index in [9.17, 15) is 9.59 Å². The molecule has 3 aromatic heterocycles. The normalized spacial score (nSPS) is 13.7. The minimum atomic E-state index is -0.547. The van der Waals surface area contributed by atoms with E-state index in [0.29, 0.717) is 41.5 Å². The van der Waals surface area contributed by atoms with E-state index < -0.39 is 5.60 Å². The number of hydrogen-bond acceptors (Lipinski definition) is 10. The van der Waals surface area contributed by atoms with Gasteiger partial charge in [0.25, 0.3) is 5.56 Å². The minimum Gasteiger partial charge on any atom is -0.491 e. The van der Waals surface area contributed by atoms with Crippen molar-refractivity contribution in [3.8, 4) is 28.4 Å². The Morgan fingerprint density at radius 1 is 1.02 bits per heavy atom. The van der Waals surface area contributed by atoms with E-state index in [0.717, 1.165) is 59.7 Å². The number of carbonyl (C=O) groups excluding carboxylic acids is 1. The van der Waals surface area contributed by atoms with Crippen LogP contribution in [0.25, 0.3) is 22.0 Å². The van der Waals surface area contributed by atoms with Gasteiger partial charge in [0.05, 0.1) is 18.3 Å². The Morgan fingerprint density at radius 3 is 2.57 bits per heavy atom.